The fourth-order valence-electron chi connectivity index (χ4n) is 1.68. The second kappa shape index (κ2) is 5.30. The Balaban J connectivity index is 2.41. The predicted octanol–water partition coefficient (Wildman–Crippen LogP) is 2.41. The summed E-state index contributed by atoms with van der Waals surface area (Å²) in [7, 11) is 0. The monoisotopic (exact) mass is 256 g/mol. The number of rotatable bonds is 3. The SMILES string of the molecule is CC(=O)Nc1ccccc1-c1ccc(C(=O)O)cn1. The number of benzene rings is 1. The lowest BCUT2D eigenvalue weighted by Gasteiger charge is -2.09. The maximum Gasteiger partial charge on any atom is 0.337 e. The molecule has 19 heavy (non-hydrogen) atoms. The van der Waals surface area contributed by atoms with Crippen LogP contribution in [0, 0.1) is 0 Å². The first kappa shape index (κ1) is 12.8. The molecule has 2 N–H and O–H groups in total. The number of aromatic nitrogens is 1. The van der Waals surface area contributed by atoms with Gasteiger partial charge in [0, 0.05) is 18.7 Å². The summed E-state index contributed by atoms with van der Waals surface area (Å²) in [6, 6.07) is 10.3. The van der Waals surface area contributed by atoms with E-state index in [1.165, 1.54) is 19.2 Å². The molecule has 5 nitrogen and oxygen atoms in total. The van der Waals surface area contributed by atoms with Gasteiger partial charge >= 0.3 is 5.97 Å². The molecule has 0 spiro atoms. The third kappa shape index (κ3) is 2.95. The maximum atomic E-state index is 11.1. The smallest absolute Gasteiger partial charge is 0.337 e. The number of carbonyl (C=O) groups excluding carboxylic acids is 1. The van der Waals surface area contributed by atoms with E-state index in [4.69, 9.17) is 5.11 Å². The van der Waals surface area contributed by atoms with Crippen LogP contribution in [0.2, 0.25) is 0 Å². The molecular formula is C14H12N2O3. The van der Waals surface area contributed by atoms with Crippen LogP contribution in [-0.2, 0) is 4.79 Å². The summed E-state index contributed by atoms with van der Waals surface area (Å²) in [6.07, 6.45) is 1.29. The molecule has 0 radical (unpaired) electrons. The molecular weight excluding hydrogens is 244 g/mol. The molecule has 1 aromatic heterocycles. The van der Waals surface area contributed by atoms with Crippen molar-refractivity contribution in [1.29, 1.82) is 0 Å². The third-order valence-corrected chi connectivity index (χ3v) is 2.52. The lowest BCUT2D eigenvalue weighted by atomic mass is 10.1. The standard InChI is InChI=1S/C14H12N2O3/c1-9(17)16-13-5-3-2-4-11(13)12-7-6-10(8-15-12)14(18)19/h2-8H,1H3,(H,16,17)(H,18,19). The zero-order chi connectivity index (χ0) is 13.8. The van der Waals surface area contributed by atoms with Gasteiger partial charge in [-0.25, -0.2) is 4.79 Å². The highest BCUT2D eigenvalue weighted by molar-refractivity contribution is 5.94. The molecule has 2 rings (SSSR count). The van der Waals surface area contributed by atoms with Crippen LogP contribution < -0.4 is 5.32 Å². The molecule has 0 aliphatic carbocycles. The normalized spacial score (nSPS) is 9.95. The first-order valence-corrected chi connectivity index (χ1v) is 5.64. The predicted molar refractivity (Wildman–Crippen MR) is 70.9 cm³/mol. The zero-order valence-corrected chi connectivity index (χ0v) is 10.3. The lowest BCUT2D eigenvalue weighted by Crippen LogP contribution is -2.07. The average Bonchev–Trinajstić information content (AvgIpc) is 2.39. The number of carboxylic acids is 1. The van der Waals surface area contributed by atoms with E-state index in [1.807, 2.05) is 12.1 Å². The number of nitrogens with zero attached hydrogens (tertiary/aromatic N) is 1. The number of para-hydroxylation sites is 1. The molecule has 5 heteroatoms. The van der Waals surface area contributed by atoms with Crippen molar-refractivity contribution in [2.75, 3.05) is 5.32 Å². The fourth-order valence-corrected chi connectivity index (χ4v) is 1.68. The van der Waals surface area contributed by atoms with Crippen molar-refractivity contribution in [1.82, 2.24) is 4.98 Å². The molecule has 1 heterocycles. The summed E-state index contributed by atoms with van der Waals surface area (Å²) in [5.41, 5.74) is 2.12. The summed E-state index contributed by atoms with van der Waals surface area (Å²) in [5, 5.41) is 11.5. The minimum atomic E-state index is -1.02. The Labute approximate surface area is 109 Å². The highest BCUT2D eigenvalue weighted by atomic mass is 16.4. The molecule has 1 aromatic carbocycles. The summed E-state index contributed by atoms with van der Waals surface area (Å²) >= 11 is 0. The topological polar surface area (TPSA) is 79.3 Å². The van der Waals surface area contributed by atoms with Crippen molar-refractivity contribution in [2.24, 2.45) is 0 Å². The Morgan fingerprint density at radius 3 is 2.47 bits per heavy atom. The van der Waals surface area contributed by atoms with Crippen molar-refractivity contribution in [2.45, 2.75) is 6.92 Å². The van der Waals surface area contributed by atoms with Crippen LogP contribution in [0.4, 0.5) is 5.69 Å². The molecule has 0 unspecified atom stereocenters. The third-order valence-electron chi connectivity index (χ3n) is 2.52. The van der Waals surface area contributed by atoms with E-state index in [2.05, 4.69) is 10.3 Å². The van der Waals surface area contributed by atoms with Gasteiger partial charge in [0.15, 0.2) is 0 Å². The Morgan fingerprint density at radius 1 is 1.16 bits per heavy atom. The van der Waals surface area contributed by atoms with E-state index < -0.39 is 5.97 Å². The van der Waals surface area contributed by atoms with Gasteiger partial charge in [0.05, 0.1) is 16.9 Å². The van der Waals surface area contributed by atoms with Gasteiger partial charge < -0.3 is 10.4 Å². The van der Waals surface area contributed by atoms with Crippen LogP contribution >= 0.6 is 0 Å². The molecule has 1 amide bonds. The molecule has 0 saturated carbocycles. The molecule has 2 aromatic rings. The Morgan fingerprint density at radius 2 is 1.89 bits per heavy atom. The van der Waals surface area contributed by atoms with Crippen LogP contribution in [0.3, 0.4) is 0 Å². The van der Waals surface area contributed by atoms with E-state index in [9.17, 15) is 9.59 Å². The highest BCUT2D eigenvalue weighted by Crippen LogP contribution is 2.26. The molecule has 0 fully saturated rings. The number of hydrogen-bond acceptors (Lipinski definition) is 3. The Kier molecular flexibility index (Phi) is 3.56. The lowest BCUT2D eigenvalue weighted by molar-refractivity contribution is -0.114. The van der Waals surface area contributed by atoms with Crippen LogP contribution in [0.1, 0.15) is 17.3 Å². The van der Waals surface area contributed by atoms with Gasteiger partial charge in [-0.3, -0.25) is 9.78 Å². The molecule has 0 bridgehead atoms. The van der Waals surface area contributed by atoms with Gasteiger partial charge in [0.1, 0.15) is 0 Å². The number of aromatic carboxylic acids is 1. The molecule has 0 aliphatic rings. The van der Waals surface area contributed by atoms with E-state index >= 15 is 0 Å². The average molecular weight is 256 g/mol. The van der Waals surface area contributed by atoms with Crippen molar-refractivity contribution in [3.05, 3.63) is 48.2 Å². The second-order valence-electron chi connectivity index (χ2n) is 3.96. The van der Waals surface area contributed by atoms with Crippen molar-refractivity contribution in [3.8, 4) is 11.3 Å². The van der Waals surface area contributed by atoms with Gasteiger partial charge in [-0.05, 0) is 18.2 Å². The number of hydrogen-bond donors (Lipinski definition) is 2. The number of pyridine rings is 1. The van der Waals surface area contributed by atoms with Gasteiger partial charge in [-0.2, -0.15) is 0 Å². The Hall–Kier alpha value is -2.69. The fraction of sp³-hybridized carbons (Fsp3) is 0.0714. The first-order valence-electron chi connectivity index (χ1n) is 5.64. The summed E-state index contributed by atoms with van der Waals surface area (Å²) < 4.78 is 0. The van der Waals surface area contributed by atoms with Crippen LogP contribution in [0.25, 0.3) is 11.3 Å². The van der Waals surface area contributed by atoms with E-state index in [1.54, 1.807) is 18.2 Å². The van der Waals surface area contributed by atoms with Gasteiger partial charge in [-0.1, -0.05) is 18.2 Å². The quantitative estimate of drug-likeness (QED) is 0.883. The van der Waals surface area contributed by atoms with Gasteiger partial charge in [0.2, 0.25) is 5.91 Å². The van der Waals surface area contributed by atoms with Crippen molar-refractivity contribution in [3.63, 3.8) is 0 Å². The van der Waals surface area contributed by atoms with Gasteiger partial charge in [-0.15, -0.1) is 0 Å². The summed E-state index contributed by atoms with van der Waals surface area (Å²) in [4.78, 5) is 26.0. The molecule has 0 saturated heterocycles. The highest BCUT2D eigenvalue weighted by Gasteiger charge is 2.08. The number of anilines is 1. The maximum absolute atomic E-state index is 11.1. The number of carboxylic acid groups (broad SMARTS) is 1. The molecule has 0 aliphatic heterocycles. The minimum absolute atomic E-state index is 0.126. The molecule has 0 atom stereocenters. The second-order valence-corrected chi connectivity index (χ2v) is 3.96. The van der Waals surface area contributed by atoms with E-state index in [0.29, 0.717) is 11.4 Å². The zero-order valence-electron chi connectivity index (χ0n) is 10.3. The van der Waals surface area contributed by atoms with E-state index in [-0.39, 0.29) is 11.5 Å². The van der Waals surface area contributed by atoms with Gasteiger partial charge in [0.25, 0.3) is 0 Å². The Bertz CT molecular complexity index is 621. The van der Waals surface area contributed by atoms with Crippen LogP contribution in [0.5, 0.6) is 0 Å². The van der Waals surface area contributed by atoms with Crippen molar-refractivity contribution < 1.29 is 14.7 Å². The number of carbonyl (C=O) groups is 2. The largest absolute Gasteiger partial charge is 0.478 e. The summed E-state index contributed by atoms with van der Waals surface area (Å²) in [5.74, 6) is -1.19. The summed E-state index contributed by atoms with van der Waals surface area (Å²) in [6.45, 7) is 1.43. The minimum Gasteiger partial charge on any atom is -0.478 e. The van der Waals surface area contributed by atoms with E-state index in [0.717, 1.165) is 5.56 Å². The number of amides is 1. The number of nitrogens with one attached hydrogen (secondary N) is 1. The van der Waals surface area contributed by atoms with Crippen LogP contribution in [0.15, 0.2) is 42.6 Å². The first-order chi connectivity index (χ1) is 9.08. The van der Waals surface area contributed by atoms with Crippen LogP contribution in [-0.4, -0.2) is 22.0 Å². The van der Waals surface area contributed by atoms with Crippen molar-refractivity contribution >= 4 is 17.6 Å². The molecule has 96 valence electrons.